The first-order chi connectivity index (χ1) is 5.13. The monoisotopic (exact) mass is 174 g/mol. The first-order valence-corrected chi connectivity index (χ1v) is 6.62. The predicted molar refractivity (Wildman–Crippen MR) is 50.9 cm³/mol. The van der Waals surface area contributed by atoms with Gasteiger partial charge in [0, 0.05) is 5.66 Å². The second-order valence-electron chi connectivity index (χ2n) is 4.06. The summed E-state index contributed by atoms with van der Waals surface area (Å²) in [6, 6.07) is 0. The highest BCUT2D eigenvalue weighted by Crippen LogP contribution is 2.44. The van der Waals surface area contributed by atoms with Gasteiger partial charge in [-0.15, -0.1) is 0 Å². The molecule has 1 rings (SSSR count). The molecule has 1 aliphatic rings. The van der Waals surface area contributed by atoms with E-state index in [2.05, 4.69) is 13.8 Å². The minimum atomic E-state index is -1.26. The van der Waals surface area contributed by atoms with Gasteiger partial charge in [0.1, 0.15) is 0 Å². The van der Waals surface area contributed by atoms with Crippen LogP contribution in [0.25, 0.3) is 0 Å². The smallest absolute Gasteiger partial charge is 0.0764 e. The van der Waals surface area contributed by atoms with Crippen LogP contribution >= 0.6 is 7.80 Å². The van der Waals surface area contributed by atoms with E-state index in [9.17, 15) is 4.57 Å². The Morgan fingerprint density at radius 2 is 2.00 bits per heavy atom. The lowest BCUT2D eigenvalue weighted by Crippen LogP contribution is -2.15. The summed E-state index contributed by atoms with van der Waals surface area (Å²) in [6.45, 7) is 6.44. The third-order valence-corrected chi connectivity index (χ3v) is 4.71. The highest BCUT2D eigenvalue weighted by molar-refractivity contribution is 7.44. The molecule has 0 bridgehead atoms. The van der Waals surface area contributed by atoms with Crippen molar-refractivity contribution in [3.8, 4) is 0 Å². The highest BCUT2D eigenvalue weighted by Gasteiger charge is 2.31. The normalized spacial score (nSPS) is 34.5. The van der Waals surface area contributed by atoms with Crippen molar-refractivity contribution in [2.24, 2.45) is 11.8 Å². The standard InChI is InChI=1S/C9H19OP/c1-7(2)8-5-4-6-9(8)11(3)10/h7-9,11H,4-6H2,1-3H3. The predicted octanol–water partition coefficient (Wildman–Crippen LogP) is 3.00. The van der Waals surface area contributed by atoms with Crippen LogP contribution in [-0.4, -0.2) is 12.3 Å². The van der Waals surface area contributed by atoms with Crippen LogP contribution < -0.4 is 0 Å². The van der Waals surface area contributed by atoms with E-state index >= 15 is 0 Å². The maximum absolute atomic E-state index is 11.3. The third kappa shape index (κ3) is 2.08. The maximum Gasteiger partial charge on any atom is 0.0764 e. The minimum Gasteiger partial charge on any atom is -0.327 e. The molecule has 2 heteroatoms. The third-order valence-electron chi connectivity index (χ3n) is 2.95. The molecule has 3 atom stereocenters. The van der Waals surface area contributed by atoms with Crippen LogP contribution in [0.15, 0.2) is 0 Å². The second-order valence-corrected chi connectivity index (χ2v) is 6.02. The summed E-state index contributed by atoms with van der Waals surface area (Å²) in [5.74, 6) is 1.49. The van der Waals surface area contributed by atoms with Crippen molar-refractivity contribution in [3.05, 3.63) is 0 Å². The average molecular weight is 174 g/mol. The topological polar surface area (TPSA) is 17.1 Å². The zero-order valence-corrected chi connectivity index (χ0v) is 8.76. The molecular formula is C9H19OP. The van der Waals surface area contributed by atoms with Crippen LogP contribution in [0.4, 0.5) is 0 Å². The van der Waals surface area contributed by atoms with E-state index in [1.807, 2.05) is 6.66 Å². The SMILES string of the molecule is CC(C)C1CCCC1[PH](C)=O. The van der Waals surface area contributed by atoms with E-state index in [0.717, 1.165) is 11.8 Å². The van der Waals surface area contributed by atoms with Crippen molar-refractivity contribution >= 4 is 7.80 Å². The highest BCUT2D eigenvalue weighted by atomic mass is 31.1. The molecule has 0 N–H and O–H groups in total. The number of rotatable bonds is 2. The molecule has 1 fully saturated rings. The summed E-state index contributed by atoms with van der Waals surface area (Å²) in [6.07, 6.45) is 3.83. The van der Waals surface area contributed by atoms with Crippen molar-refractivity contribution < 1.29 is 4.57 Å². The Kier molecular flexibility index (Phi) is 3.18. The molecule has 66 valence electrons. The lowest BCUT2D eigenvalue weighted by Gasteiger charge is -2.20. The zero-order chi connectivity index (χ0) is 8.43. The summed E-state index contributed by atoms with van der Waals surface area (Å²) < 4.78 is 11.3. The molecule has 0 aromatic rings. The van der Waals surface area contributed by atoms with Crippen molar-refractivity contribution in [2.75, 3.05) is 6.66 Å². The molecule has 1 aliphatic carbocycles. The van der Waals surface area contributed by atoms with Crippen molar-refractivity contribution in [1.82, 2.24) is 0 Å². The molecule has 0 aliphatic heterocycles. The van der Waals surface area contributed by atoms with Gasteiger partial charge in [0.25, 0.3) is 0 Å². The Hall–Kier alpha value is 0.230. The van der Waals surface area contributed by atoms with Crippen LogP contribution in [0.2, 0.25) is 0 Å². The van der Waals surface area contributed by atoms with Gasteiger partial charge in [-0.2, -0.15) is 0 Å². The van der Waals surface area contributed by atoms with Crippen molar-refractivity contribution in [2.45, 2.75) is 38.8 Å². The van der Waals surface area contributed by atoms with Gasteiger partial charge >= 0.3 is 0 Å². The van der Waals surface area contributed by atoms with Crippen molar-refractivity contribution in [3.63, 3.8) is 0 Å². The first-order valence-electron chi connectivity index (χ1n) is 4.63. The summed E-state index contributed by atoms with van der Waals surface area (Å²) in [7, 11) is -1.26. The van der Waals surface area contributed by atoms with Gasteiger partial charge in [0.05, 0.1) is 7.80 Å². The molecule has 11 heavy (non-hydrogen) atoms. The van der Waals surface area contributed by atoms with Gasteiger partial charge < -0.3 is 4.57 Å². The molecule has 0 amide bonds. The van der Waals surface area contributed by atoms with E-state index < -0.39 is 7.80 Å². The van der Waals surface area contributed by atoms with Crippen LogP contribution in [0.3, 0.4) is 0 Å². The molecule has 1 saturated carbocycles. The van der Waals surface area contributed by atoms with E-state index in [0.29, 0.717) is 5.66 Å². The Labute approximate surface area is 70.4 Å². The van der Waals surface area contributed by atoms with Gasteiger partial charge in [0.15, 0.2) is 0 Å². The molecule has 0 heterocycles. The van der Waals surface area contributed by atoms with Crippen molar-refractivity contribution in [1.29, 1.82) is 0 Å². The molecule has 0 aromatic carbocycles. The van der Waals surface area contributed by atoms with Crippen LogP contribution in [0, 0.1) is 11.8 Å². The fraction of sp³-hybridized carbons (Fsp3) is 1.00. The summed E-state index contributed by atoms with van der Waals surface area (Å²) in [4.78, 5) is 0. The Morgan fingerprint density at radius 3 is 2.36 bits per heavy atom. The van der Waals surface area contributed by atoms with Gasteiger partial charge in [0.2, 0.25) is 0 Å². The van der Waals surface area contributed by atoms with Gasteiger partial charge in [-0.3, -0.25) is 0 Å². The maximum atomic E-state index is 11.3. The summed E-state index contributed by atoms with van der Waals surface area (Å²) >= 11 is 0. The molecule has 0 aromatic heterocycles. The Morgan fingerprint density at radius 1 is 1.36 bits per heavy atom. The average Bonchev–Trinajstić information content (AvgIpc) is 2.32. The summed E-state index contributed by atoms with van der Waals surface area (Å²) in [5.41, 5.74) is 0.569. The lowest BCUT2D eigenvalue weighted by molar-refractivity contribution is 0.396. The molecule has 0 radical (unpaired) electrons. The Bertz CT molecular complexity index is 154. The molecule has 0 saturated heterocycles. The summed E-state index contributed by atoms with van der Waals surface area (Å²) in [5, 5.41) is 0. The zero-order valence-electron chi connectivity index (χ0n) is 7.76. The van der Waals surface area contributed by atoms with Crippen LogP contribution in [0.5, 0.6) is 0 Å². The van der Waals surface area contributed by atoms with E-state index in [-0.39, 0.29) is 0 Å². The quantitative estimate of drug-likeness (QED) is 0.588. The molecule has 3 unspecified atom stereocenters. The largest absolute Gasteiger partial charge is 0.327 e. The molecule has 1 nitrogen and oxygen atoms in total. The lowest BCUT2D eigenvalue weighted by atomic mass is 9.94. The van der Waals surface area contributed by atoms with Crippen LogP contribution in [-0.2, 0) is 4.57 Å². The first kappa shape index (κ1) is 9.32. The van der Waals surface area contributed by atoms with E-state index in [1.54, 1.807) is 0 Å². The van der Waals surface area contributed by atoms with E-state index in [1.165, 1.54) is 19.3 Å². The number of hydrogen-bond donors (Lipinski definition) is 0. The fourth-order valence-corrected chi connectivity index (χ4v) is 4.06. The minimum absolute atomic E-state index is 0.569. The van der Waals surface area contributed by atoms with Gasteiger partial charge in [-0.05, 0) is 31.3 Å². The van der Waals surface area contributed by atoms with Gasteiger partial charge in [-0.25, -0.2) is 0 Å². The molecular weight excluding hydrogens is 155 g/mol. The fourth-order valence-electron chi connectivity index (χ4n) is 2.29. The molecule has 0 spiro atoms. The Balaban J connectivity index is 2.58. The second kappa shape index (κ2) is 3.76. The number of hydrogen-bond acceptors (Lipinski definition) is 1. The van der Waals surface area contributed by atoms with Crippen LogP contribution in [0.1, 0.15) is 33.1 Å². The van der Waals surface area contributed by atoms with E-state index in [4.69, 9.17) is 0 Å². The van der Waals surface area contributed by atoms with Gasteiger partial charge in [-0.1, -0.05) is 20.3 Å².